The van der Waals surface area contributed by atoms with Crippen LogP contribution in [0.3, 0.4) is 0 Å². The van der Waals surface area contributed by atoms with Crippen LogP contribution < -0.4 is 4.74 Å². The minimum atomic E-state index is -0.729. The van der Waals surface area contributed by atoms with E-state index in [1.165, 1.54) is 18.2 Å². The van der Waals surface area contributed by atoms with Crippen molar-refractivity contribution in [2.45, 2.75) is 0 Å². The largest absolute Gasteiger partial charge is 0.454 e. The monoisotopic (exact) mass is 241 g/mol. The number of hydrogen-bond acceptors (Lipinski definition) is 3. The molecule has 0 spiro atoms. The van der Waals surface area contributed by atoms with Crippen molar-refractivity contribution in [3.05, 3.63) is 59.9 Å². The summed E-state index contributed by atoms with van der Waals surface area (Å²) >= 11 is 0. The average molecular weight is 241 g/mol. The van der Waals surface area contributed by atoms with Crippen molar-refractivity contribution in [1.82, 2.24) is 0 Å². The van der Waals surface area contributed by atoms with Crippen LogP contribution in [0.2, 0.25) is 0 Å². The smallest absolute Gasteiger partial charge is 0.262 e. The molecule has 4 heteroatoms. The summed E-state index contributed by atoms with van der Waals surface area (Å²) in [5.41, 5.74) is 0.102. The Kier molecular flexibility index (Phi) is 3.35. The summed E-state index contributed by atoms with van der Waals surface area (Å²) in [4.78, 5) is 11.2. The summed E-state index contributed by atoms with van der Waals surface area (Å²) in [7, 11) is 0. The second-order valence-electron chi connectivity index (χ2n) is 3.50. The molecule has 0 heterocycles. The number of benzene rings is 2. The number of nitrogens with zero attached hydrogens (tertiary/aromatic N) is 1. The lowest BCUT2D eigenvalue weighted by molar-refractivity contribution is 0.105. The third-order valence-electron chi connectivity index (χ3n) is 2.27. The van der Waals surface area contributed by atoms with Gasteiger partial charge in [-0.2, -0.15) is 5.26 Å². The highest BCUT2D eigenvalue weighted by molar-refractivity contribution is 6.07. The van der Waals surface area contributed by atoms with Gasteiger partial charge in [0.15, 0.2) is 11.6 Å². The molecule has 0 N–H and O–H groups in total. The fourth-order valence-electron chi connectivity index (χ4n) is 1.40. The van der Waals surface area contributed by atoms with Gasteiger partial charge in [-0.25, -0.2) is 4.39 Å². The molecular formula is C14H8FNO2. The quantitative estimate of drug-likeness (QED) is 0.611. The van der Waals surface area contributed by atoms with Gasteiger partial charge >= 0.3 is 0 Å². The molecule has 0 atom stereocenters. The molecule has 18 heavy (non-hydrogen) atoms. The Morgan fingerprint density at radius 3 is 2.56 bits per heavy atom. The summed E-state index contributed by atoms with van der Waals surface area (Å²) in [6.45, 7) is 0. The van der Waals surface area contributed by atoms with Gasteiger partial charge in [-0.15, -0.1) is 0 Å². The number of hydrogen-bond donors (Lipinski definition) is 0. The van der Waals surface area contributed by atoms with Crippen molar-refractivity contribution < 1.29 is 13.9 Å². The first kappa shape index (κ1) is 11.8. The summed E-state index contributed by atoms with van der Waals surface area (Å²) in [6.07, 6.45) is 0. The highest BCUT2D eigenvalue weighted by Gasteiger charge is 2.10. The molecule has 0 aliphatic rings. The number of carbonyl (C=O) groups is 1. The Bertz CT molecular complexity index is 617. The van der Waals surface area contributed by atoms with Gasteiger partial charge in [-0.05, 0) is 30.3 Å². The molecule has 2 rings (SSSR count). The van der Waals surface area contributed by atoms with Gasteiger partial charge in [0.2, 0.25) is 0 Å². The van der Waals surface area contributed by atoms with Crippen LogP contribution in [0.25, 0.3) is 0 Å². The topological polar surface area (TPSA) is 50.1 Å². The molecule has 2 aromatic rings. The van der Waals surface area contributed by atoms with Crippen LogP contribution in [-0.2, 0) is 0 Å². The summed E-state index contributed by atoms with van der Waals surface area (Å²) in [5, 5.41) is 8.50. The van der Waals surface area contributed by atoms with E-state index in [9.17, 15) is 9.18 Å². The molecule has 88 valence electrons. The lowest BCUT2D eigenvalue weighted by Crippen LogP contribution is -1.97. The number of nitriles is 1. The summed E-state index contributed by atoms with van der Waals surface area (Å²) < 4.78 is 18.8. The molecule has 2 aromatic carbocycles. The van der Waals surface area contributed by atoms with Crippen LogP contribution in [0.4, 0.5) is 4.39 Å². The number of rotatable bonds is 3. The van der Waals surface area contributed by atoms with Crippen LogP contribution in [0, 0.1) is 17.1 Å². The van der Waals surface area contributed by atoms with Gasteiger partial charge in [0.1, 0.15) is 11.8 Å². The number of ketones is 1. The molecule has 0 unspecified atom stereocenters. The number of para-hydroxylation sites is 1. The zero-order valence-electron chi connectivity index (χ0n) is 9.26. The first-order chi connectivity index (χ1) is 8.70. The Hall–Kier alpha value is -2.67. The highest BCUT2D eigenvalue weighted by Crippen LogP contribution is 2.25. The Labute approximate surface area is 103 Å². The number of Topliss-reactive ketones (excluding diaryl/α,β-unsaturated/α-hetero) is 1. The average Bonchev–Trinajstić information content (AvgIpc) is 2.41. The lowest BCUT2D eigenvalue weighted by Gasteiger charge is -2.07. The highest BCUT2D eigenvalue weighted by atomic mass is 19.1. The molecule has 0 aliphatic heterocycles. The standard InChI is InChI=1S/C14H8FNO2/c15-12-7-6-10(13(17)9-16)8-14(12)18-11-4-2-1-3-5-11/h1-8H. The van der Waals surface area contributed by atoms with Crippen molar-refractivity contribution in [3.8, 4) is 17.6 Å². The molecule has 0 saturated heterocycles. The molecule has 0 fully saturated rings. The van der Waals surface area contributed by atoms with Crippen molar-refractivity contribution >= 4 is 5.78 Å². The lowest BCUT2D eigenvalue weighted by atomic mass is 10.1. The zero-order valence-corrected chi connectivity index (χ0v) is 9.26. The fraction of sp³-hybridized carbons (Fsp3) is 0. The molecule has 0 amide bonds. The second-order valence-corrected chi connectivity index (χ2v) is 3.50. The van der Waals surface area contributed by atoms with E-state index in [0.29, 0.717) is 5.75 Å². The first-order valence-electron chi connectivity index (χ1n) is 5.17. The predicted molar refractivity (Wildman–Crippen MR) is 62.9 cm³/mol. The van der Waals surface area contributed by atoms with Crippen molar-refractivity contribution in [3.63, 3.8) is 0 Å². The first-order valence-corrected chi connectivity index (χ1v) is 5.17. The van der Waals surface area contributed by atoms with E-state index < -0.39 is 11.6 Å². The molecular weight excluding hydrogens is 233 g/mol. The predicted octanol–water partition coefficient (Wildman–Crippen LogP) is 3.32. The van der Waals surface area contributed by atoms with Gasteiger partial charge < -0.3 is 4.74 Å². The van der Waals surface area contributed by atoms with Crippen LogP contribution in [0.1, 0.15) is 10.4 Å². The third-order valence-corrected chi connectivity index (χ3v) is 2.27. The zero-order chi connectivity index (χ0) is 13.0. The minimum Gasteiger partial charge on any atom is -0.454 e. The fourth-order valence-corrected chi connectivity index (χ4v) is 1.40. The maximum Gasteiger partial charge on any atom is 0.262 e. The summed E-state index contributed by atoms with van der Waals surface area (Å²) in [5.74, 6) is -0.943. The molecule has 0 bridgehead atoms. The normalized spacial score (nSPS) is 9.56. The van der Waals surface area contributed by atoms with Crippen LogP contribution in [0.15, 0.2) is 48.5 Å². The van der Waals surface area contributed by atoms with Crippen LogP contribution in [-0.4, -0.2) is 5.78 Å². The maximum atomic E-state index is 13.5. The maximum absolute atomic E-state index is 13.5. The third kappa shape index (κ3) is 2.53. The second kappa shape index (κ2) is 5.11. The van der Waals surface area contributed by atoms with Crippen molar-refractivity contribution in [1.29, 1.82) is 5.26 Å². The number of ether oxygens (including phenoxy) is 1. The van der Waals surface area contributed by atoms with E-state index in [-0.39, 0.29) is 11.3 Å². The Morgan fingerprint density at radius 2 is 1.89 bits per heavy atom. The SMILES string of the molecule is N#CC(=O)c1ccc(F)c(Oc2ccccc2)c1. The molecule has 0 saturated carbocycles. The van der Waals surface area contributed by atoms with Crippen molar-refractivity contribution in [2.24, 2.45) is 0 Å². The molecule has 3 nitrogen and oxygen atoms in total. The molecule has 0 aliphatic carbocycles. The number of halogens is 1. The summed E-state index contributed by atoms with van der Waals surface area (Å²) in [6, 6.07) is 13.7. The van der Waals surface area contributed by atoms with Crippen LogP contribution >= 0.6 is 0 Å². The van der Waals surface area contributed by atoms with Gasteiger partial charge in [-0.1, -0.05) is 18.2 Å². The molecule has 0 aromatic heterocycles. The van der Waals surface area contributed by atoms with E-state index in [1.54, 1.807) is 30.3 Å². The minimum absolute atomic E-state index is 0.0812. The van der Waals surface area contributed by atoms with Gasteiger partial charge in [-0.3, -0.25) is 4.79 Å². The van der Waals surface area contributed by atoms with Crippen molar-refractivity contribution in [2.75, 3.05) is 0 Å². The molecule has 0 radical (unpaired) electrons. The number of carbonyl (C=O) groups excluding carboxylic acids is 1. The van der Waals surface area contributed by atoms with Gasteiger partial charge in [0.05, 0.1) is 0 Å². The van der Waals surface area contributed by atoms with Crippen LogP contribution in [0.5, 0.6) is 11.5 Å². The van der Waals surface area contributed by atoms with E-state index in [1.807, 2.05) is 0 Å². The Morgan fingerprint density at radius 1 is 1.17 bits per heavy atom. The van der Waals surface area contributed by atoms with Gasteiger partial charge in [0, 0.05) is 5.56 Å². The van der Waals surface area contributed by atoms with Gasteiger partial charge in [0.25, 0.3) is 5.78 Å². The van der Waals surface area contributed by atoms with E-state index >= 15 is 0 Å². The van der Waals surface area contributed by atoms with E-state index in [4.69, 9.17) is 10.00 Å². The van der Waals surface area contributed by atoms with E-state index in [2.05, 4.69) is 0 Å². The Balaban J connectivity index is 2.33. The van der Waals surface area contributed by atoms with E-state index in [0.717, 1.165) is 6.07 Å².